The van der Waals surface area contributed by atoms with E-state index < -0.39 is 0 Å². The van der Waals surface area contributed by atoms with Crippen molar-refractivity contribution in [3.8, 4) is 0 Å². The molecule has 1 heterocycles. The highest BCUT2D eigenvalue weighted by molar-refractivity contribution is 7.99. The van der Waals surface area contributed by atoms with Gasteiger partial charge in [0.15, 0.2) is 0 Å². The number of carbonyl (C=O) groups is 1. The molecule has 5 nitrogen and oxygen atoms in total. The van der Waals surface area contributed by atoms with Gasteiger partial charge in [-0.1, -0.05) is 18.2 Å². The molecule has 0 radical (unpaired) electrons. The summed E-state index contributed by atoms with van der Waals surface area (Å²) in [5, 5.41) is 8.85. The summed E-state index contributed by atoms with van der Waals surface area (Å²) in [4.78, 5) is 16.5. The average molecular weight is 248 g/mol. The highest BCUT2D eigenvalue weighted by Crippen LogP contribution is 2.17. The molecule has 0 atom stereocenters. The van der Waals surface area contributed by atoms with Gasteiger partial charge >= 0.3 is 0 Å². The van der Waals surface area contributed by atoms with E-state index in [1.807, 2.05) is 30.3 Å². The molecule has 0 spiro atoms. The number of carbonyl (C=O) groups excluding carboxylic acids is 1. The van der Waals surface area contributed by atoms with Gasteiger partial charge in [0.2, 0.25) is 11.9 Å². The Kier molecular flexibility index (Phi) is 4.15. The van der Waals surface area contributed by atoms with Crippen molar-refractivity contribution in [2.75, 3.05) is 11.1 Å². The Morgan fingerprint density at radius 2 is 2.18 bits per heavy atom. The lowest BCUT2D eigenvalue weighted by molar-refractivity contribution is -0.115. The van der Waals surface area contributed by atoms with Crippen molar-refractivity contribution in [2.45, 2.75) is 11.3 Å². The zero-order valence-electron chi connectivity index (χ0n) is 9.09. The van der Waals surface area contributed by atoms with Crippen molar-refractivity contribution in [3.63, 3.8) is 0 Å². The minimum atomic E-state index is -0.0646. The van der Waals surface area contributed by atoms with Crippen LogP contribution in [0.3, 0.4) is 0 Å². The van der Waals surface area contributed by atoms with Crippen LogP contribution in [-0.2, 0) is 4.79 Å². The maximum absolute atomic E-state index is 11.5. The van der Waals surface area contributed by atoms with Crippen LogP contribution in [0.15, 0.2) is 41.6 Å². The van der Waals surface area contributed by atoms with Gasteiger partial charge in [0.05, 0.1) is 0 Å². The van der Waals surface area contributed by atoms with Crippen LogP contribution < -0.4 is 5.32 Å². The molecule has 2 N–H and O–H groups in total. The molecule has 1 aromatic heterocycles. The van der Waals surface area contributed by atoms with Crippen molar-refractivity contribution in [1.29, 1.82) is 0 Å². The second-order valence-corrected chi connectivity index (χ2v) is 4.46. The minimum absolute atomic E-state index is 0.0646. The zero-order valence-corrected chi connectivity index (χ0v) is 9.91. The number of amides is 1. The van der Waals surface area contributed by atoms with Gasteiger partial charge < -0.3 is 0 Å². The first kappa shape index (κ1) is 11.7. The number of nitrogens with zero attached hydrogens (tertiary/aromatic N) is 2. The van der Waals surface area contributed by atoms with Gasteiger partial charge in [-0.3, -0.25) is 10.1 Å². The first-order valence-electron chi connectivity index (χ1n) is 5.17. The van der Waals surface area contributed by atoms with Crippen molar-refractivity contribution in [3.05, 3.63) is 36.7 Å². The van der Waals surface area contributed by atoms with Crippen LogP contribution in [0.25, 0.3) is 0 Å². The molecular weight excluding hydrogens is 236 g/mol. The smallest absolute Gasteiger partial charge is 0.227 e. The topological polar surface area (TPSA) is 70.7 Å². The van der Waals surface area contributed by atoms with Gasteiger partial charge in [0.1, 0.15) is 6.33 Å². The molecule has 0 saturated carbocycles. The van der Waals surface area contributed by atoms with E-state index in [1.54, 1.807) is 11.8 Å². The molecule has 0 saturated heterocycles. The molecule has 0 aliphatic carbocycles. The lowest BCUT2D eigenvalue weighted by Crippen LogP contribution is -2.13. The van der Waals surface area contributed by atoms with Crippen molar-refractivity contribution in [2.24, 2.45) is 0 Å². The van der Waals surface area contributed by atoms with E-state index >= 15 is 0 Å². The van der Waals surface area contributed by atoms with Crippen LogP contribution in [0.1, 0.15) is 6.42 Å². The largest absolute Gasteiger partial charge is 0.295 e. The first-order chi connectivity index (χ1) is 8.34. The first-order valence-corrected chi connectivity index (χ1v) is 6.16. The van der Waals surface area contributed by atoms with E-state index in [1.165, 1.54) is 11.2 Å². The summed E-state index contributed by atoms with van der Waals surface area (Å²) in [5.74, 6) is 1.06. The Morgan fingerprint density at radius 3 is 2.88 bits per heavy atom. The van der Waals surface area contributed by atoms with Crippen LogP contribution >= 0.6 is 11.8 Å². The van der Waals surface area contributed by atoms with Crippen molar-refractivity contribution < 1.29 is 4.79 Å². The second kappa shape index (κ2) is 6.05. The number of anilines is 1. The molecule has 1 aromatic carbocycles. The zero-order chi connectivity index (χ0) is 11.9. The number of H-pyrrole nitrogens is 1. The van der Waals surface area contributed by atoms with Gasteiger partial charge in [0, 0.05) is 17.1 Å². The third-order valence-corrected chi connectivity index (χ3v) is 3.03. The molecule has 0 aliphatic heterocycles. The van der Waals surface area contributed by atoms with E-state index in [9.17, 15) is 4.79 Å². The second-order valence-electron chi connectivity index (χ2n) is 3.29. The average Bonchev–Trinajstić information content (AvgIpc) is 2.83. The Labute approximate surface area is 103 Å². The maximum atomic E-state index is 11.5. The number of aromatic amines is 1. The molecule has 2 rings (SSSR count). The molecule has 6 heteroatoms. The fourth-order valence-corrected chi connectivity index (χ4v) is 2.11. The third kappa shape index (κ3) is 3.92. The molecular formula is C11H12N4OS. The summed E-state index contributed by atoms with van der Waals surface area (Å²) in [6.07, 6.45) is 1.80. The predicted octanol–water partition coefficient (Wildman–Crippen LogP) is 1.93. The fraction of sp³-hybridized carbons (Fsp3) is 0.182. The van der Waals surface area contributed by atoms with E-state index in [0.29, 0.717) is 12.4 Å². The number of hydrogen-bond donors (Lipinski definition) is 2. The van der Waals surface area contributed by atoms with Crippen LogP contribution in [0, 0.1) is 0 Å². The Hall–Kier alpha value is -1.82. The van der Waals surface area contributed by atoms with Crippen molar-refractivity contribution >= 4 is 23.6 Å². The molecule has 0 unspecified atom stereocenters. The SMILES string of the molecule is O=C(CCSc1ccccc1)Nc1ncn[nH]1. The Morgan fingerprint density at radius 1 is 1.35 bits per heavy atom. The van der Waals surface area contributed by atoms with Gasteiger partial charge in [-0.05, 0) is 12.1 Å². The number of thioether (sulfide) groups is 1. The molecule has 1 amide bonds. The maximum Gasteiger partial charge on any atom is 0.227 e. The summed E-state index contributed by atoms with van der Waals surface area (Å²) in [6, 6.07) is 9.99. The molecule has 0 aliphatic rings. The van der Waals surface area contributed by atoms with E-state index in [-0.39, 0.29) is 5.91 Å². The number of benzene rings is 1. The third-order valence-electron chi connectivity index (χ3n) is 2.01. The van der Waals surface area contributed by atoms with Crippen LogP contribution in [0.4, 0.5) is 5.95 Å². The number of hydrogen-bond acceptors (Lipinski definition) is 4. The fourth-order valence-electron chi connectivity index (χ4n) is 1.24. The van der Waals surface area contributed by atoms with E-state index in [0.717, 1.165) is 5.75 Å². The molecule has 17 heavy (non-hydrogen) atoms. The van der Waals surface area contributed by atoms with Crippen molar-refractivity contribution in [1.82, 2.24) is 15.2 Å². The summed E-state index contributed by atoms with van der Waals surface area (Å²) in [6.45, 7) is 0. The van der Waals surface area contributed by atoms with Gasteiger partial charge in [-0.2, -0.15) is 10.1 Å². The number of nitrogens with one attached hydrogen (secondary N) is 2. The van der Waals surface area contributed by atoms with Gasteiger partial charge in [-0.25, -0.2) is 5.10 Å². The molecule has 2 aromatic rings. The number of aromatic nitrogens is 3. The minimum Gasteiger partial charge on any atom is -0.295 e. The van der Waals surface area contributed by atoms with Crippen LogP contribution in [-0.4, -0.2) is 26.8 Å². The lowest BCUT2D eigenvalue weighted by atomic mass is 10.4. The normalized spacial score (nSPS) is 10.1. The quantitative estimate of drug-likeness (QED) is 0.793. The standard InChI is InChI=1S/C11H12N4OS/c16-10(14-11-12-8-13-15-11)6-7-17-9-4-2-1-3-5-9/h1-5,8H,6-7H2,(H2,12,13,14,15,16). The van der Waals surface area contributed by atoms with Crippen LogP contribution in [0.2, 0.25) is 0 Å². The lowest BCUT2D eigenvalue weighted by Gasteiger charge is -2.01. The summed E-state index contributed by atoms with van der Waals surface area (Å²) in [7, 11) is 0. The molecule has 88 valence electrons. The highest BCUT2D eigenvalue weighted by atomic mass is 32.2. The predicted molar refractivity (Wildman–Crippen MR) is 66.8 cm³/mol. The molecule has 0 bridgehead atoms. The Bertz CT molecular complexity index is 458. The Balaban J connectivity index is 1.70. The van der Waals surface area contributed by atoms with Gasteiger partial charge in [0.25, 0.3) is 0 Å². The van der Waals surface area contributed by atoms with Crippen LogP contribution in [0.5, 0.6) is 0 Å². The summed E-state index contributed by atoms with van der Waals surface area (Å²) < 4.78 is 0. The van der Waals surface area contributed by atoms with E-state index in [2.05, 4.69) is 20.5 Å². The monoisotopic (exact) mass is 248 g/mol. The summed E-state index contributed by atoms with van der Waals surface area (Å²) >= 11 is 1.65. The number of rotatable bonds is 5. The van der Waals surface area contributed by atoms with E-state index in [4.69, 9.17) is 0 Å². The van der Waals surface area contributed by atoms with Gasteiger partial charge in [-0.15, -0.1) is 11.8 Å². The summed E-state index contributed by atoms with van der Waals surface area (Å²) in [5.41, 5.74) is 0. The molecule has 0 fully saturated rings. The highest BCUT2D eigenvalue weighted by Gasteiger charge is 2.04.